The second-order valence-electron chi connectivity index (χ2n) is 4.98. The van der Waals surface area contributed by atoms with Crippen molar-refractivity contribution in [2.75, 3.05) is 5.43 Å². The molecule has 0 saturated heterocycles. The first kappa shape index (κ1) is 16.6. The van der Waals surface area contributed by atoms with Crippen molar-refractivity contribution >= 4 is 17.6 Å². The number of hydrogen-bond acceptors (Lipinski definition) is 4. The van der Waals surface area contributed by atoms with Crippen molar-refractivity contribution in [1.29, 1.82) is 0 Å². The van der Waals surface area contributed by atoms with Gasteiger partial charge in [0, 0.05) is 18.3 Å². The van der Waals surface area contributed by atoms with Crippen molar-refractivity contribution < 1.29 is 4.92 Å². The summed E-state index contributed by atoms with van der Waals surface area (Å²) in [5.74, 6) is 0. The van der Waals surface area contributed by atoms with E-state index >= 15 is 0 Å². The summed E-state index contributed by atoms with van der Waals surface area (Å²) in [6, 6.07) is 6.15. The largest absolute Gasteiger partial charge is 0.279 e. The molecule has 1 aromatic carbocycles. The zero-order valence-electron chi connectivity index (χ0n) is 12.7. The summed E-state index contributed by atoms with van der Waals surface area (Å²) in [5, 5.41) is 14.6. The third kappa shape index (κ3) is 7.06. The summed E-state index contributed by atoms with van der Waals surface area (Å²) in [4.78, 5) is 10.1. The van der Waals surface area contributed by atoms with Gasteiger partial charge in [-0.15, -0.1) is 0 Å². The number of nitrogens with one attached hydrogen (secondary N) is 1. The van der Waals surface area contributed by atoms with Crippen LogP contribution in [0.15, 0.2) is 52.7 Å². The van der Waals surface area contributed by atoms with Crippen LogP contribution in [0.1, 0.15) is 33.6 Å². The molecule has 0 saturated carbocycles. The monoisotopic (exact) mass is 287 g/mol. The number of allylic oxidation sites excluding steroid dienone is 4. The van der Waals surface area contributed by atoms with Crippen LogP contribution in [0, 0.1) is 10.1 Å². The third-order valence-electron chi connectivity index (χ3n) is 2.73. The fourth-order valence-corrected chi connectivity index (χ4v) is 1.60. The van der Waals surface area contributed by atoms with E-state index in [2.05, 4.69) is 36.5 Å². The molecule has 1 rings (SSSR count). The summed E-state index contributed by atoms with van der Waals surface area (Å²) in [5.41, 5.74) is 6.03. The summed E-state index contributed by atoms with van der Waals surface area (Å²) in [7, 11) is 0. The van der Waals surface area contributed by atoms with Gasteiger partial charge in [0.05, 0.1) is 10.6 Å². The smallest absolute Gasteiger partial charge is 0.269 e. The van der Waals surface area contributed by atoms with E-state index in [1.165, 1.54) is 17.7 Å². The number of hydrazone groups is 1. The zero-order chi connectivity index (χ0) is 15.7. The van der Waals surface area contributed by atoms with E-state index in [1.807, 2.05) is 6.92 Å². The molecule has 0 amide bonds. The second-order valence-corrected chi connectivity index (χ2v) is 4.98. The minimum absolute atomic E-state index is 0.0693. The Morgan fingerprint density at radius 1 is 1.19 bits per heavy atom. The summed E-state index contributed by atoms with van der Waals surface area (Å²) < 4.78 is 0. The molecule has 0 atom stereocenters. The van der Waals surface area contributed by atoms with E-state index in [4.69, 9.17) is 0 Å². The van der Waals surface area contributed by atoms with Crippen LogP contribution in [0.3, 0.4) is 0 Å². The van der Waals surface area contributed by atoms with Crippen LogP contribution < -0.4 is 5.43 Å². The molecule has 0 aromatic heterocycles. The molecule has 0 heterocycles. The van der Waals surface area contributed by atoms with Crippen LogP contribution in [-0.2, 0) is 0 Å². The zero-order valence-corrected chi connectivity index (χ0v) is 12.7. The maximum Gasteiger partial charge on any atom is 0.269 e. The molecule has 5 heteroatoms. The molecule has 0 unspecified atom stereocenters. The molecular weight excluding hydrogens is 266 g/mol. The summed E-state index contributed by atoms with van der Waals surface area (Å²) in [6.07, 6.45) is 8.09. The maximum atomic E-state index is 10.5. The van der Waals surface area contributed by atoms with Crippen LogP contribution >= 0.6 is 0 Å². The number of unbranched alkanes of at least 4 members (excludes halogenated alkanes) is 1. The molecule has 21 heavy (non-hydrogen) atoms. The lowest BCUT2D eigenvalue weighted by Gasteiger charge is -1.99. The highest BCUT2D eigenvalue weighted by atomic mass is 16.6. The molecule has 112 valence electrons. The van der Waals surface area contributed by atoms with Gasteiger partial charge in [0.2, 0.25) is 0 Å². The van der Waals surface area contributed by atoms with E-state index in [1.54, 1.807) is 18.3 Å². The number of hydrogen-bond donors (Lipinski definition) is 1. The van der Waals surface area contributed by atoms with Gasteiger partial charge in [-0.05, 0) is 51.3 Å². The quantitative estimate of drug-likeness (QED) is 0.260. The van der Waals surface area contributed by atoms with Gasteiger partial charge in [0.25, 0.3) is 5.69 Å². The standard InChI is InChI=1S/C16H21N3O2/c1-13(2)6-4-5-7-14(3)12-17-18-15-8-10-16(11-9-15)19(20)21/h6-12,18H,4-5H2,1-3H3/b14-7+,17-12+. The van der Waals surface area contributed by atoms with E-state index in [0.717, 1.165) is 18.4 Å². The normalized spacial score (nSPS) is 11.5. The average molecular weight is 287 g/mol. The first-order valence-electron chi connectivity index (χ1n) is 6.82. The molecule has 0 spiro atoms. The van der Waals surface area contributed by atoms with Crippen LogP contribution in [0.5, 0.6) is 0 Å². The van der Waals surface area contributed by atoms with Gasteiger partial charge in [-0.3, -0.25) is 15.5 Å². The van der Waals surface area contributed by atoms with E-state index < -0.39 is 4.92 Å². The molecule has 0 aliphatic carbocycles. The Labute approximate surface area is 125 Å². The second kappa shape index (κ2) is 8.68. The first-order valence-corrected chi connectivity index (χ1v) is 6.82. The lowest BCUT2D eigenvalue weighted by molar-refractivity contribution is -0.384. The molecule has 0 fully saturated rings. The number of non-ortho nitro benzene ring substituents is 1. The molecule has 5 nitrogen and oxygen atoms in total. The van der Waals surface area contributed by atoms with Crippen LogP contribution in [-0.4, -0.2) is 11.1 Å². The summed E-state index contributed by atoms with van der Waals surface area (Å²) >= 11 is 0. The minimum Gasteiger partial charge on any atom is -0.279 e. The minimum atomic E-state index is -0.424. The van der Waals surface area contributed by atoms with Crippen LogP contribution in [0.4, 0.5) is 11.4 Å². The van der Waals surface area contributed by atoms with Crippen molar-refractivity contribution in [3.8, 4) is 0 Å². The molecule has 1 N–H and O–H groups in total. The fraction of sp³-hybridized carbons (Fsp3) is 0.312. The predicted molar refractivity (Wildman–Crippen MR) is 87.6 cm³/mol. The highest BCUT2D eigenvalue weighted by Crippen LogP contribution is 2.15. The van der Waals surface area contributed by atoms with Crippen molar-refractivity contribution in [2.45, 2.75) is 33.6 Å². The molecule has 0 bridgehead atoms. The molecule has 0 aliphatic rings. The van der Waals surface area contributed by atoms with Crippen LogP contribution in [0.25, 0.3) is 0 Å². The Balaban J connectivity index is 2.44. The van der Waals surface area contributed by atoms with Gasteiger partial charge in [-0.2, -0.15) is 5.10 Å². The lowest BCUT2D eigenvalue weighted by atomic mass is 10.2. The van der Waals surface area contributed by atoms with E-state index in [-0.39, 0.29) is 5.69 Å². The Kier molecular flexibility index (Phi) is 6.87. The maximum absolute atomic E-state index is 10.5. The number of rotatable bonds is 7. The topological polar surface area (TPSA) is 67.5 Å². The lowest BCUT2D eigenvalue weighted by Crippen LogP contribution is -1.92. The summed E-state index contributed by atoms with van der Waals surface area (Å²) in [6.45, 7) is 6.17. The first-order chi connectivity index (χ1) is 9.99. The van der Waals surface area contributed by atoms with E-state index in [0.29, 0.717) is 5.69 Å². The van der Waals surface area contributed by atoms with Gasteiger partial charge in [0.15, 0.2) is 0 Å². The van der Waals surface area contributed by atoms with Crippen LogP contribution in [0.2, 0.25) is 0 Å². The van der Waals surface area contributed by atoms with Crippen molar-refractivity contribution in [3.05, 3.63) is 57.7 Å². The van der Waals surface area contributed by atoms with Gasteiger partial charge in [-0.1, -0.05) is 17.7 Å². The highest BCUT2D eigenvalue weighted by molar-refractivity contribution is 5.78. The van der Waals surface area contributed by atoms with Crippen molar-refractivity contribution in [3.63, 3.8) is 0 Å². The van der Waals surface area contributed by atoms with Crippen molar-refractivity contribution in [1.82, 2.24) is 0 Å². The van der Waals surface area contributed by atoms with Gasteiger partial charge >= 0.3 is 0 Å². The Morgan fingerprint density at radius 2 is 1.81 bits per heavy atom. The van der Waals surface area contributed by atoms with Gasteiger partial charge < -0.3 is 0 Å². The number of nitro benzene ring substituents is 1. The third-order valence-corrected chi connectivity index (χ3v) is 2.73. The SMILES string of the molecule is CC(C)=CCC/C=C(C)/C=N/Nc1ccc([N+](=O)[O-])cc1. The molecular formula is C16H21N3O2. The Morgan fingerprint density at radius 3 is 2.38 bits per heavy atom. The molecule has 1 aromatic rings. The number of benzene rings is 1. The van der Waals surface area contributed by atoms with Gasteiger partial charge in [-0.25, -0.2) is 0 Å². The highest BCUT2D eigenvalue weighted by Gasteiger charge is 2.02. The molecule has 0 aliphatic heterocycles. The van der Waals surface area contributed by atoms with Gasteiger partial charge in [0.1, 0.15) is 0 Å². The Hall–Kier alpha value is -2.43. The fourth-order valence-electron chi connectivity index (χ4n) is 1.60. The molecule has 0 radical (unpaired) electrons. The average Bonchev–Trinajstić information content (AvgIpc) is 2.44. The number of nitrogens with zero attached hydrogens (tertiary/aromatic N) is 2. The number of anilines is 1. The van der Waals surface area contributed by atoms with E-state index in [9.17, 15) is 10.1 Å². The number of nitro groups is 1. The van der Waals surface area contributed by atoms with Crippen molar-refractivity contribution in [2.24, 2.45) is 5.10 Å². The Bertz CT molecular complexity index is 553. The predicted octanol–water partition coefficient (Wildman–Crippen LogP) is 4.69.